The van der Waals surface area contributed by atoms with Crippen molar-refractivity contribution in [3.8, 4) is 5.75 Å². The molecule has 2 rings (SSSR count). The van der Waals surface area contributed by atoms with Gasteiger partial charge in [-0.25, -0.2) is 0 Å². The topological polar surface area (TPSA) is 87.0 Å². The van der Waals surface area contributed by atoms with Crippen LogP contribution in [0.15, 0.2) is 60.7 Å². The van der Waals surface area contributed by atoms with Gasteiger partial charge in [0.15, 0.2) is 0 Å². The molecular weight excluding hydrogens is 413 g/mol. The first-order chi connectivity index (χ1) is 14.7. The number of carbonyl (C=O) groups is 1. The van der Waals surface area contributed by atoms with Crippen LogP contribution in [0.1, 0.15) is 31.2 Å². The zero-order valence-electron chi connectivity index (χ0n) is 16.9. The predicted octanol–water partition coefficient (Wildman–Crippen LogP) is 4.37. The number of rotatable bonds is 11. The van der Waals surface area contributed by atoms with Crippen molar-refractivity contribution in [2.75, 3.05) is 6.61 Å². The molecule has 1 unspecified atom stereocenters. The maximum absolute atomic E-state index is 12.7. The highest BCUT2D eigenvalue weighted by Crippen LogP contribution is 2.32. The fraction of sp³-hybridized carbons (Fsp3) is 0.435. The number of alkyl halides is 3. The number of allylic oxidation sites excluding steroid dienone is 3. The van der Waals surface area contributed by atoms with Crippen LogP contribution >= 0.6 is 0 Å². The van der Waals surface area contributed by atoms with Gasteiger partial charge in [0.1, 0.15) is 18.5 Å². The largest absolute Gasteiger partial charge is 0.491 e. The van der Waals surface area contributed by atoms with Gasteiger partial charge < -0.3 is 20.1 Å². The second kappa shape index (κ2) is 11.7. The Kier molecular flexibility index (Phi) is 9.33. The molecule has 0 aliphatic heterocycles. The number of aliphatic hydroxyl groups excluding tert-OH is 2. The average molecular weight is 440 g/mol. The van der Waals surface area contributed by atoms with Gasteiger partial charge in [-0.05, 0) is 43.4 Å². The van der Waals surface area contributed by atoms with Gasteiger partial charge in [0.2, 0.25) is 0 Å². The van der Waals surface area contributed by atoms with Gasteiger partial charge in [0, 0.05) is 12.3 Å². The number of aliphatic hydroxyl groups is 2. The maximum atomic E-state index is 12.7. The quantitative estimate of drug-likeness (QED) is 0.352. The SMILES string of the molecule is O=C(O)CCCC=CC[C@H]1C=C[C@@H](O)[C@@H]1C=CC(O)COc1cccc(C(F)(F)F)c1. The lowest BCUT2D eigenvalue weighted by Crippen LogP contribution is -2.20. The van der Waals surface area contributed by atoms with Gasteiger partial charge in [0.05, 0.1) is 11.7 Å². The molecule has 1 aliphatic carbocycles. The number of carboxylic acid groups (broad SMARTS) is 1. The van der Waals surface area contributed by atoms with E-state index in [-0.39, 0.29) is 30.6 Å². The Morgan fingerprint density at radius 3 is 2.71 bits per heavy atom. The van der Waals surface area contributed by atoms with Crippen LogP contribution in [-0.4, -0.2) is 40.1 Å². The fourth-order valence-corrected chi connectivity index (χ4v) is 3.26. The van der Waals surface area contributed by atoms with Crippen LogP contribution in [-0.2, 0) is 11.0 Å². The minimum atomic E-state index is -4.47. The number of carboxylic acids is 1. The lowest BCUT2D eigenvalue weighted by Gasteiger charge is -2.18. The highest BCUT2D eigenvalue weighted by atomic mass is 19.4. The van der Waals surface area contributed by atoms with Crippen LogP contribution in [0.2, 0.25) is 0 Å². The Balaban J connectivity index is 1.82. The summed E-state index contributed by atoms with van der Waals surface area (Å²) in [6, 6.07) is 4.44. The van der Waals surface area contributed by atoms with Gasteiger partial charge in [-0.3, -0.25) is 4.79 Å². The Labute approximate surface area is 179 Å². The van der Waals surface area contributed by atoms with E-state index in [1.807, 2.05) is 18.2 Å². The summed E-state index contributed by atoms with van der Waals surface area (Å²) in [6.07, 6.45) is 6.40. The second-order valence-corrected chi connectivity index (χ2v) is 7.40. The third-order valence-corrected chi connectivity index (χ3v) is 4.92. The Bertz CT molecular complexity index is 801. The van der Waals surface area contributed by atoms with E-state index in [1.165, 1.54) is 18.2 Å². The molecule has 1 aliphatic rings. The third-order valence-electron chi connectivity index (χ3n) is 4.92. The highest BCUT2D eigenvalue weighted by molar-refractivity contribution is 5.66. The van der Waals surface area contributed by atoms with Crippen molar-refractivity contribution >= 4 is 5.97 Å². The maximum Gasteiger partial charge on any atom is 0.416 e. The third kappa shape index (κ3) is 8.59. The standard InChI is InChI=1S/C23H27F3O5/c24-23(25,26)17-7-5-8-19(14-17)31-15-18(27)11-12-20-16(10-13-21(20)28)6-3-1-2-4-9-22(29)30/h1,3,5,7-8,10-14,16,18,20-21,27-28H,2,4,6,9,15H2,(H,29,30)/t16-,18?,20+,21+/m0/s1. The molecule has 4 atom stereocenters. The number of hydrogen-bond acceptors (Lipinski definition) is 4. The smallest absolute Gasteiger partial charge is 0.416 e. The Morgan fingerprint density at radius 2 is 2.00 bits per heavy atom. The molecule has 170 valence electrons. The molecule has 0 fully saturated rings. The molecule has 0 amide bonds. The second-order valence-electron chi connectivity index (χ2n) is 7.40. The number of aliphatic carboxylic acids is 1. The first kappa shape index (κ1) is 24.7. The molecule has 5 nitrogen and oxygen atoms in total. The van der Waals surface area contributed by atoms with Crippen LogP contribution in [0.4, 0.5) is 13.2 Å². The monoisotopic (exact) mass is 440 g/mol. The molecule has 0 heterocycles. The number of ether oxygens (including phenoxy) is 1. The van der Waals surface area contributed by atoms with E-state index in [4.69, 9.17) is 9.84 Å². The minimum absolute atomic E-state index is 0.00996. The van der Waals surface area contributed by atoms with Crippen molar-refractivity contribution in [3.05, 3.63) is 66.3 Å². The van der Waals surface area contributed by atoms with Crippen molar-refractivity contribution < 1.29 is 38.0 Å². The summed E-state index contributed by atoms with van der Waals surface area (Å²) in [7, 11) is 0. The van der Waals surface area contributed by atoms with E-state index in [0.717, 1.165) is 12.1 Å². The summed E-state index contributed by atoms with van der Waals surface area (Å²) in [4.78, 5) is 10.5. The summed E-state index contributed by atoms with van der Waals surface area (Å²) in [5.74, 6) is -1.03. The molecule has 0 saturated carbocycles. The zero-order valence-corrected chi connectivity index (χ0v) is 16.9. The van der Waals surface area contributed by atoms with Crippen LogP contribution in [0.3, 0.4) is 0 Å². The molecular formula is C23H27F3O5. The summed E-state index contributed by atoms with van der Waals surface area (Å²) in [5.41, 5.74) is -0.825. The van der Waals surface area contributed by atoms with E-state index in [1.54, 1.807) is 12.2 Å². The highest BCUT2D eigenvalue weighted by Gasteiger charge is 2.30. The molecule has 0 spiro atoms. The van der Waals surface area contributed by atoms with E-state index in [0.29, 0.717) is 19.3 Å². The van der Waals surface area contributed by atoms with Gasteiger partial charge in [-0.2, -0.15) is 13.2 Å². The first-order valence-corrected chi connectivity index (χ1v) is 10.1. The fourth-order valence-electron chi connectivity index (χ4n) is 3.26. The lowest BCUT2D eigenvalue weighted by molar-refractivity contribution is -0.138. The van der Waals surface area contributed by atoms with Crippen LogP contribution < -0.4 is 4.74 Å². The van der Waals surface area contributed by atoms with Crippen molar-refractivity contribution in [3.63, 3.8) is 0 Å². The van der Waals surface area contributed by atoms with Crippen molar-refractivity contribution in [2.24, 2.45) is 11.8 Å². The number of halogens is 3. The van der Waals surface area contributed by atoms with Crippen molar-refractivity contribution in [1.82, 2.24) is 0 Å². The van der Waals surface area contributed by atoms with Gasteiger partial charge in [-0.15, -0.1) is 0 Å². The number of unbranched alkanes of at least 4 members (excludes halogenated alkanes) is 1. The lowest BCUT2D eigenvalue weighted by atomic mass is 9.90. The van der Waals surface area contributed by atoms with E-state index in [9.17, 15) is 28.2 Å². The average Bonchev–Trinajstić information content (AvgIpc) is 3.06. The Hall–Kier alpha value is -2.58. The van der Waals surface area contributed by atoms with Crippen LogP contribution in [0.5, 0.6) is 5.75 Å². The van der Waals surface area contributed by atoms with Crippen LogP contribution in [0.25, 0.3) is 0 Å². The normalized spacial score (nSPS) is 22.4. The van der Waals surface area contributed by atoms with E-state index >= 15 is 0 Å². The molecule has 0 bridgehead atoms. The molecule has 1 aromatic carbocycles. The van der Waals surface area contributed by atoms with Gasteiger partial charge in [-0.1, -0.05) is 42.5 Å². The van der Waals surface area contributed by atoms with Crippen LogP contribution in [0, 0.1) is 11.8 Å². The first-order valence-electron chi connectivity index (χ1n) is 10.1. The summed E-state index contributed by atoms with van der Waals surface area (Å²) >= 11 is 0. The minimum Gasteiger partial charge on any atom is -0.491 e. The number of benzene rings is 1. The van der Waals surface area contributed by atoms with E-state index < -0.39 is 29.9 Å². The van der Waals surface area contributed by atoms with Gasteiger partial charge >= 0.3 is 12.1 Å². The Morgan fingerprint density at radius 1 is 1.23 bits per heavy atom. The summed E-state index contributed by atoms with van der Waals surface area (Å²) < 4.78 is 43.5. The molecule has 0 saturated heterocycles. The molecule has 31 heavy (non-hydrogen) atoms. The predicted molar refractivity (Wildman–Crippen MR) is 109 cm³/mol. The van der Waals surface area contributed by atoms with Gasteiger partial charge in [0.25, 0.3) is 0 Å². The zero-order chi connectivity index (χ0) is 22.9. The molecule has 3 N–H and O–H groups in total. The molecule has 0 radical (unpaired) electrons. The molecule has 8 heteroatoms. The number of hydrogen-bond donors (Lipinski definition) is 3. The summed E-state index contributed by atoms with van der Waals surface area (Å²) in [5, 5.41) is 28.8. The van der Waals surface area contributed by atoms with E-state index in [2.05, 4.69) is 0 Å². The van der Waals surface area contributed by atoms with Crippen molar-refractivity contribution in [1.29, 1.82) is 0 Å². The van der Waals surface area contributed by atoms with Crippen molar-refractivity contribution in [2.45, 2.75) is 44.1 Å². The molecule has 1 aromatic rings. The molecule has 0 aromatic heterocycles. The summed E-state index contributed by atoms with van der Waals surface area (Å²) in [6.45, 7) is -0.220.